The van der Waals surface area contributed by atoms with Crippen LogP contribution in [0.5, 0.6) is 0 Å². The highest BCUT2D eigenvalue weighted by Gasteiger charge is 2.48. The van der Waals surface area contributed by atoms with Crippen molar-refractivity contribution in [2.75, 3.05) is 12.8 Å². The number of hydrogen-bond donors (Lipinski definition) is 6. The summed E-state index contributed by atoms with van der Waals surface area (Å²) in [6.45, 7) is 4.39. The van der Waals surface area contributed by atoms with Crippen LogP contribution in [0.25, 0.3) is 0 Å². The van der Waals surface area contributed by atoms with Crippen LogP contribution in [0.2, 0.25) is 0 Å². The molecule has 0 aromatic heterocycles. The zero-order valence-electron chi connectivity index (χ0n) is 15.5. The van der Waals surface area contributed by atoms with Crippen molar-refractivity contribution < 1.29 is 30.0 Å². The van der Waals surface area contributed by atoms with Crippen LogP contribution >= 0.6 is 11.8 Å². The maximum absolute atomic E-state index is 12.6. The standard InChI is InChI=1S/C17H32N2O6S/c1-4-5-9-6-10(18-7-9)16(24)19-11(8(2)20)15-13(22)12(21)14(23)17(25-15)26-3/h8-15,17-18,20-23H,4-7H2,1-3H3,(H,19,24). The molecular formula is C17H32N2O6S. The summed E-state index contributed by atoms with van der Waals surface area (Å²) in [5.74, 6) is 0.196. The van der Waals surface area contributed by atoms with E-state index < -0.39 is 42.0 Å². The molecule has 6 N–H and O–H groups in total. The van der Waals surface area contributed by atoms with Crippen molar-refractivity contribution in [2.45, 2.75) is 81.1 Å². The Morgan fingerprint density at radius 3 is 2.58 bits per heavy atom. The van der Waals surface area contributed by atoms with Crippen molar-refractivity contribution in [1.29, 1.82) is 0 Å². The second kappa shape index (κ2) is 9.68. The molecule has 2 aliphatic rings. The van der Waals surface area contributed by atoms with Crippen molar-refractivity contribution in [2.24, 2.45) is 5.92 Å². The maximum atomic E-state index is 12.6. The topological polar surface area (TPSA) is 131 Å². The molecule has 0 spiro atoms. The highest BCUT2D eigenvalue weighted by atomic mass is 32.2. The number of aliphatic hydroxyl groups is 4. The predicted octanol–water partition coefficient (Wildman–Crippen LogP) is -1.20. The van der Waals surface area contributed by atoms with E-state index in [2.05, 4.69) is 17.6 Å². The van der Waals surface area contributed by atoms with E-state index in [1.165, 1.54) is 18.7 Å². The quantitative estimate of drug-likeness (QED) is 0.319. The highest BCUT2D eigenvalue weighted by Crippen LogP contribution is 2.29. The van der Waals surface area contributed by atoms with Crippen LogP contribution in [-0.4, -0.2) is 87.2 Å². The van der Waals surface area contributed by atoms with Crippen LogP contribution in [0, 0.1) is 5.92 Å². The molecular weight excluding hydrogens is 360 g/mol. The third-order valence-corrected chi connectivity index (χ3v) is 6.11. The monoisotopic (exact) mass is 392 g/mol. The lowest BCUT2D eigenvalue weighted by atomic mass is 9.92. The minimum atomic E-state index is -1.42. The van der Waals surface area contributed by atoms with Gasteiger partial charge in [-0.1, -0.05) is 13.3 Å². The SMILES string of the molecule is CCCC1CNC(C(=O)NC(C(C)O)C2OC(SC)C(O)C(O)C2O)C1. The Balaban J connectivity index is 2.05. The first-order valence-electron chi connectivity index (χ1n) is 9.24. The zero-order chi connectivity index (χ0) is 19.4. The molecule has 2 rings (SSSR count). The molecule has 8 nitrogen and oxygen atoms in total. The average molecular weight is 393 g/mol. The Morgan fingerprint density at radius 2 is 2.00 bits per heavy atom. The second-order valence-electron chi connectivity index (χ2n) is 7.30. The van der Waals surface area contributed by atoms with E-state index in [1.54, 1.807) is 6.26 Å². The van der Waals surface area contributed by atoms with Gasteiger partial charge in [-0.2, -0.15) is 0 Å². The van der Waals surface area contributed by atoms with Gasteiger partial charge in [-0.25, -0.2) is 0 Å². The molecule has 0 aliphatic carbocycles. The van der Waals surface area contributed by atoms with Crippen LogP contribution in [0.4, 0.5) is 0 Å². The van der Waals surface area contributed by atoms with E-state index >= 15 is 0 Å². The number of thioether (sulfide) groups is 1. The largest absolute Gasteiger partial charge is 0.391 e. The van der Waals surface area contributed by atoms with Gasteiger partial charge in [0.2, 0.25) is 5.91 Å². The Kier molecular flexibility index (Phi) is 8.14. The Morgan fingerprint density at radius 1 is 1.31 bits per heavy atom. The molecule has 2 fully saturated rings. The van der Waals surface area contributed by atoms with E-state index in [-0.39, 0.29) is 11.9 Å². The summed E-state index contributed by atoms with van der Waals surface area (Å²) in [7, 11) is 0. The van der Waals surface area contributed by atoms with Crippen LogP contribution in [0.1, 0.15) is 33.1 Å². The van der Waals surface area contributed by atoms with Crippen LogP contribution in [0.3, 0.4) is 0 Å². The molecule has 1 amide bonds. The predicted molar refractivity (Wildman–Crippen MR) is 98.6 cm³/mol. The Bertz CT molecular complexity index is 467. The minimum absolute atomic E-state index is 0.258. The van der Waals surface area contributed by atoms with Gasteiger partial charge >= 0.3 is 0 Å². The Labute approximate surface area is 158 Å². The van der Waals surface area contributed by atoms with Crippen molar-refractivity contribution in [3.8, 4) is 0 Å². The van der Waals surface area contributed by atoms with Crippen molar-refractivity contribution in [3.05, 3.63) is 0 Å². The van der Waals surface area contributed by atoms with Gasteiger partial charge in [0.15, 0.2) is 0 Å². The third kappa shape index (κ3) is 4.89. The smallest absolute Gasteiger partial charge is 0.237 e. The average Bonchev–Trinajstić information content (AvgIpc) is 3.07. The van der Waals surface area contributed by atoms with Gasteiger partial charge in [0.05, 0.1) is 18.2 Å². The van der Waals surface area contributed by atoms with Gasteiger partial charge in [0.25, 0.3) is 0 Å². The molecule has 0 aromatic carbocycles. The summed E-state index contributed by atoms with van der Waals surface area (Å²) in [5, 5.41) is 46.5. The number of rotatable bonds is 7. The Hall–Kier alpha value is -0.420. The first-order valence-corrected chi connectivity index (χ1v) is 10.5. The molecule has 9 atom stereocenters. The summed E-state index contributed by atoms with van der Waals surface area (Å²) < 4.78 is 5.69. The number of hydrogen-bond acceptors (Lipinski definition) is 8. The van der Waals surface area contributed by atoms with E-state index in [9.17, 15) is 25.2 Å². The summed E-state index contributed by atoms with van der Waals surface area (Å²) in [6.07, 6.45) is -1.54. The molecule has 0 bridgehead atoms. The fraction of sp³-hybridized carbons (Fsp3) is 0.941. The van der Waals surface area contributed by atoms with Gasteiger partial charge in [0.1, 0.15) is 29.9 Å². The highest BCUT2D eigenvalue weighted by molar-refractivity contribution is 7.99. The van der Waals surface area contributed by atoms with Gasteiger partial charge in [-0.15, -0.1) is 11.8 Å². The summed E-state index contributed by atoms with van der Waals surface area (Å²) in [5.41, 5.74) is -0.755. The lowest BCUT2D eigenvalue weighted by Crippen LogP contribution is -2.65. The van der Waals surface area contributed by atoms with E-state index in [1.807, 2.05) is 0 Å². The second-order valence-corrected chi connectivity index (χ2v) is 8.24. The van der Waals surface area contributed by atoms with Crippen LogP contribution in [0.15, 0.2) is 0 Å². The summed E-state index contributed by atoms with van der Waals surface area (Å²) in [4.78, 5) is 12.6. The molecule has 0 saturated carbocycles. The molecule has 0 radical (unpaired) electrons. The minimum Gasteiger partial charge on any atom is -0.391 e. The molecule has 152 valence electrons. The lowest BCUT2D eigenvalue weighted by molar-refractivity contribution is -0.211. The lowest BCUT2D eigenvalue weighted by Gasteiger charge is -2.44. The first kappa shape index (κ1) is 21.9. The van der Waals surface area contributed by atoms with Gasteiger partial charge in [-0.3, -0.25) is 4.79 Å². The van der Waals surface area contributed by atoms with Crippen LogP contribution in [-0.2, 0) is 9.53 Å². The van der Waals surface area contributed by atoms with Gasteiger partial charge in [-0.05, 0) is 38.5 Å². The fourth-order valence-electron chi connectivity index (χ4n) is 3.74. The molecule has 9 unspecified atom stereocenters. The molecule has 2 heterocycles. The van der Waals surface area contributed by atoms with Crippen LogP contribution < -0.4 is 10.6 Å². The number of aliphatic hydroxyl groups excluding tert-OH is 4. The van der Waals surface area contributed by atoms with Crippen molar-refractivity contribution >= 4 is 17.7 Å². The van der Waals surface area contributed by atoms with Gasteiger partial charge in [0, 0.05) is 0 Å². The number of carbonyl (C=O) groups is 1. The molecule has 9 heteroatoms. The molecule has 2 saturated heterocycles. The molecule has 0 aromatic rings. The number of nitrogens with one attached hydrogen (secondary N) is 2. The van der Waals surface area contributed by atoms with Crippen molar-refractivity contribution in [3.63, 3.8) is 0 Å². The maximum Gasteiger partial charge on any atom is 0.237 e. The van der Waals surface area contributed by atoms with Crippen molar-refractivity contribution in [1.82, 2.24) is 10.6 Å². The fourth-order valence-corrected chi connectivity index (χ4v) is 4.42. The third-order valence-electron chi connectivity index (χ3n) is 5.26. The normalized spacial score (nSPS) is 40.2. The number of amides is 1. The molecule has 26 heavy (non-hydrogen) atoms. The number of carbonyl (C=O) groups excluding carboxylic acids is 1. The van der Waals surface area contributed by atoms with E-state index in [4.69, 9.17) is 4.74 Å². The van der Waals surface area contributed by atoms with Gasteiger partial charge < -0.3 is 35.8 Å². The molecule has 2 aliphatic heterocycles. The summed E-state index contributed by atoms with van der Waals surface area (Å²) >= 11 is 1.19. The number of ether oxygens (including phenoxy) is 1. The van der Waals surface area contributed by atoms with E-state index in [0.29, 0.717) is 5.92 Å². The zero-order valence-corrected chi connectivity index (χ0v) is 16.4. The first-order chi connectivity index (χ1) is 12.3. The van der Waals surface area contributed by atoms with E-state index in [0.717, 1.165) is 25.8 Å². The summed E-state index contributed by atoms with van der Waals surface area (Å²) in [6, 6.07) is -1.25.